The van der Waals surface area contributed by atoms with Gasteiger partial charge in [0, 0.05) is 23.1 Å². The summed E-state index contributed by atoms with van der Waals surface area (Å²) in [5.74, 6) is 0.416. The molecular weight excluding hydrogens is 421 g/mol. The molecule has 0 bridgehead atoms. The fraction of sp³-hybridized carbons (Fsp3) is 0.294. The smallest absolute Gasteiger partial charge is 0.243 e. The van der Waals surface area contributed by atoms with Crippen LogP contribution in [0.2, 0.25) is 15.1 Å². The van der Waals surface area contributed by atoms with E-state index in [1.165, 1.54) is 29.6 Å². The van der Waals surface area contributed by atoms with E-state index in [1.807, 2.05) is 0 Å². The van der Waals surface area contributed by atoms with Crippen LogP contribution in [0.1, 0.15) is 11.7 Å². The molecule has 0 N–H and O–H groups in total. The van der Waals surface area contributed by atoms with E-state index in [0.717, 1.165) is 5.56 Å². The number of nitrogens with zero attached hydrogens (tertiary/aromatic N) is 1. The Morgan fingerprint density at radius 3 is 2.42 bits per heavy atom. The number of ether oxygens (including phenoxy) is 2. The third-order valence-corrected chi connectivity index (χ3v) is 6.64. The largest absolute Gasteiger partial charge is 0.495 e. The average Bonchev–Trinajstić information content (AvgIpc) is 2.61. The maximum Gasteiger partial charge on any atom is 0.243 e. The maximum atomic E-state index is 13.0. The molecule has 2 aromatic carbocycles. The van der Waals surface area contributed by atoms with Crippen LogP contribution in [0.5, 0.6) is 5.75 Å². The van der Waals surface area contributed by atoms with Gasteiger partial charge >= 0.3 is 0 Å². The van der Waals surface area contributed by atoms with Crippen molar-refractivity contribution in [2.75, 3.05) is 26.8 Å². The van der Waals surface area contributed by atoms with E-state index in [2.05, 4.69) is 0 Å². The number of morpholine rings is 1. The zero-order valence-corrected chi connectivity index (χ0v) is 16.9. The Labute approximate surface area is 167 Å². The van der Waals surface area contributed by atoms with Crippen LogP contribution in [-0.2, 0) is 14.8 Å². The second-order valence-corrected chi connectivity index (χ2v) is 8.94. The Balaban J connectivity index is 1.87. The summed E-state index contributed by atoms with van der Waals surface area (Å²) in [6.07, 6.45) is -0.455. The summed E-state index contributed by atoms with van der Waals surface area (Å²) < 4.78 is 38.1. The molecule has 0 spiro atoms. The van der Waals surface area contributed by atoms with Crippen molar-refractivity contribution < 1.29 is 17.9 Å². The van der Waals surface area contributed by atoms with Crippen LogP contribution in [-0.4, -0.2) is 39.5 Å². The zero-order chi connectivity index (χ0) is 18.9. The van der Waals surface area contributed by atoms with Gasteiger partial charge in [-0.1, -0.05) is 34.8 Å². The first-order valence-corrected chi connectivity index (χ1v) is 10.3. The van der Waals surface area contributed by atoms with E-state index in [-0.39, 0.29) is 29.6 Å². The van der Waals surface area contributed by atoms with Crippen molar-refractivity contribution in [3.63, 3.8) is 0 Å². The lowest BCUT2D eigenvalue weighted by molar-refractivity contribution is -0.00254. The Kier molecular flexibility index (Phi) is 6.01. The van der Waals surface area contributed by atoms with Crippen molar-refractivity contribution in [2.24, 2.45) is 0 Å². The summed E-state index contributed by atoms with van der Waals surface area (Å²) in [4.78, 5) is 0.105. The standard InChI is InChI=1S/C17H16Cl3NO4S/c1-24-16-3-2-14(9-15(16)20)26(22,23)21-4-5-25-17(10-21)11-6-12(18)8-13(19)7-11/h2-3,6-9,17H,4-5,10H2,1H3. The Hall–Kier alpha value is -1.02. The van der Waals surface area contributed by atoms with Gasteiger partial charge in [-0.05, 0) is 42.0 Å². The monoisotopic (exact) mass is 435 g/mol. The van der Waals surface area contributed by atoms with Crippen molar-refractivity contribution in [3.8, 4) is 5.75 Å². The Bertz CT molecular complexity index is 900. The van der Waals surface area contributed by atoms with Crippen LogP contribution in [0.25, 0.3) is 0 Å². The first kappa shape index (κ1) is 19.7. The molecule has 140 valence electrons. The molecule has 2 aromatic rings. The van der Waals surface area contributed by atoms with E-state index in [1.54, 1.807) is 18.2 Å². The highest BCUT2D eigenvalue weighted by Gasteiger charge is 2.32. The van der Waals surface area contributed by atoms with E-state index >= 15 is 0 Å². The minimum Gasteiger partial charge on any atom is -0.495 e. The molecule has 1 aliphatic rings. The molecule has 1 fully saturated rings. The van der Waals surface area contributed by atoms with Gasteiger partial charge in [-0.2, -0.15) is 4.31 Å². The molecule has 0 aromatic heterocycles. The highest BCUT2D eigenvalue weighted by atomic mass is 35.5. The third-order valence-electron chi connectivity index (χ3n) is 4.05. The summed E-state index contributed by atoms with van der Waals surface area (Å²) in [5.41, 5.74) is 0.732. The molecular formula is C17H16Cl3NO4S. The maximum absolute atomic E-state index is 13.0. The first-order chi connectivity index (χ1) is 12.3. The van der Waals surface area contributed by atoms with E-state index in [9.17, 15) is 8.42 Å². The van der Waals surface area contributed by atoms with Crippen molar-refractivity contribution in [3.05, 3.63) is 57.0 Å². The quantitative estimate of drug-likeness (QED) is 0.712. The van der Waals surface area contributed by atoms with E-state index < -0.39 is 16.1 Å². The summed E-state index contributed by atoms with van der Waals surface area (Å²) in [6.45, 7) is 0.664. The lowest BCUT2D eigenvalue weighted by atomic mass is 10.1. The molecule has 26 heavy (non-hydrogen) atoms. The average molecular weight is 437 g/mol. The van der Waals surface area contributed by atoms with Crippen LogP contribution >= 0.6 is 34.8 Å². The number of halogens is 3. The molecule has 1 heterocycles. The number of rotatable bonds is 4. The van der Waals surface area contributed by atoms with Crippen LogP contribution in [0.15, 0.2) is 41.3 Å². The SMILES string of the molecule is COc1ccc(S(=O)(=O)N2CCOC(c3cc(Cl)cc(Cl)c3)C2)cc1Cl. The van der Waals surface area contributed by atoms with Gasteiger partial charge in [0.2, 0.25) is 10.0 Å². The van der Waals surface area contributed by atoms with E-state index in [4.69, 9.17) is 44.3 Å². The third kappa shape index (κ3) is 4.11. The molecule has 0 saturated carbocycles. The van der Waals surface area contributed by atoms with Crippen molar-refractivity contribution in [1.82, 2.24) is 4.31 Å². The minimum atomic E-state index is -3.72. The lowest BCUT2D eigenvalue weighted by Crippen LogP contribution is -2.42. The number of methoxy groups -OCH3 is 1. The molecule has 0 aliphatic carbocycles. The highest BCUT2D eigenvalue weighted by molar-refractivity contribution is 7.89. The fourth-order valence-corrected chi connectivity index (χ4v) is 5.08. The molecule has 0 radical (unpaired) electrons. The normalized spacial score (nSPS) is 18.7. The minimum absolute atomic E-state index is 0.105. The second-order valence-electron chi connectivity index (χ2n) is 5.72. The van der Waals surface area contributed by atoms with Gasteiger partial charge in [-0.15, -0.1) is 0 Å². The summed E-state index contributed by atoms with van der Waals surface area (Å²) in [7, 11) is -2.25. The molecule has 9 heteroatoms. The van der Waals surface area contributed by atoms with Crippen molar-refractivity contribution in [2.45, 2.75) is 11.0 Å². The molecule has 1 unspecified atom stereocenters. The zero-order valence-electron chi connectivity index (χ0n) is 13.8. The van der Waals surface area contributed by atoms with E-state index in [0.29, 0.717) is 15.8 Å². The van der Waals surface area contributed by atoms with Gasteiger partial charge in [0.15, 0.2) is 0 Å². The predicted octanol–water partition coefficient (Wildman–Crippen LogP) is 4.42. The topological polar surface area (TPSA) is 55.8 Å². The number of sulfonamides is 1. The van der Waals surface area contributed by atoms with Crippen molar-refractivity contribution >= 4 is 44.8 Å². The van der Waals surface area contributed by atoms with Gasteiger partial charge < -0.3 is 9.47 Å². The van der Waals surface area contributed by atoms with Gasteiger partial charge in [-0.25, -0.2) is 8.42 Å². The molecule has 1 aliphatic heterocycles. The van der Waals surface area contributed by atoms with Gasteiger partial charge in [0.1, 0.15) is 5.75 Å². The molecule has 0 amide bonds. The first-order valence-electron chi connectivity index (χ1n) is 7.72. The number of hydrogen-bond acceptors (Lipinski definition) is 4. The van der Waals surface area contributed by atoms with Gasteiger partial charge in [-0.3, -0.25) is 0 Å². The van der Waals surface area contributed by atoms with Gasteiger partial charge in [0.25, 0.3) is 0 Å². The molecule has 1 atom stereocenters. The lowest BCUT2D eigenvalue weighted by Gasteiger charge is -2.32. The fourth-order valence-electron chi connectivity index (χ4n) is 2.76. The van der Waals surface area contributed by atoms with Crippen LogP contribution < -0.4 is 4.74 Å². The van der Waals surface area contributed by atoms with Crippen molar-refractivity contribution in [1.29, 1.82) is 0 Å². The number of hydrogen-bond donors (Lipinski definition) is 0. The summed E-state index contributed by atoms with van der Waals surface area (Å²) >= 11 is 18.2. The summed E-state index contributed by atoms with van der Waals surface area (Å²) in [6, 6.07) is 9.45. The summed E-state index contributed by atoms with van der Waals surface area (Å²) in [5, 5.41) is 1.18. The Morgan fingerprint density at radius 2 is 1.81 bits per heavy atom. The molecule has 1 saturated heterocycles. The molecule has 3 rings (SSSR count). The second kappa shape index (κ2) is 7.92. The Morgan fingerprint density at radius 1 is 1.12 bits per heavy atom. The highest BCUT2D eigenvalue weighted by Crippen LogP contribution is 2.32. The van der Waals surface area contributed by atoms with Crippen LogP contribution in [0.3, 0.4) is 0 Å². The van der Waals surface area contributed by atoms with Crippen LogP contribution in [0.4, 0.5) is 0 Å². The number of benzene rings is 2. The predicted molar refractivity (Wildman–Crippen MR) is 102 cm³/mol. The van der Waals surface area contributed by atoms with Gasteiger partial charge in [0.05, 0.1) is 29.7 Å². The van der Waals surface area contributed by atoms with Crippen LogP contribution in [0, 0.1) is 0 Å². The molecule has 5 nitrogen and oxygen atoms in total.